The van der Waals surface area contributed by atoms with Crippen molar-refractivity contribution in [1.29, 1.82) is 0 Å². The van der Waals surface area contributed by atoms with Gasteiger partial charge >= 0.3 is 5.97 Å². The van der Waals surface area contributed by atoms with Gasteiger partial charge in [-0.2, -0.15) is 0 Å². The lowest BCUT2D eigenvalue weighted by Gasteiger charge is -2.29. The van der Waals surface area contributed by atoms with Crippen LogP contribution in [0.4, 0.5) is 5.69 Å². The van der Waals surface area contributed by atoms with E-state index in [9.17, 15) is 4.79 Å². The van der Waals surface area contributed by atoms with E-state index in [4.69, 9.17) is 14.2 Å². The zero-order valence-electron chi connectivity index (χ0n) is 28.1. The highest BCUT2D eigenvalue weighted by Gasteiger charge is 2.46. The summed E-state index contributed by atoms with van der Waals surface area (Å²) in [6.07, 6.45) is 2.17. The molecule has 7 heteroatoms. The minimum atomic E-state index is -1.20. The molecule has 4 aromatic carbocycles. The van der Waals surface area contributed by atoms with E-state index in [1.165, 1.54) is 0 Å². The number of hydrogen-bond acceptors (Lipinski definition) is 5. The molecule has 0 radical (unpaired) electrons. The molecule has 0 saturated heterocycles. The molecule has 7 nitrogen and oxygen atoms in total. The Morgan fingerprint density at radius 1 is 0.766 bits per heavy atom. The van der Waals surface area contributed by atoms with Gasteiger partial charge in [0.05, 0.1) is 19.8 Å². The summed E-state index contributed by atoms with van der Waals surface area (Å²) in [4.78, 5) is 15.8. The van der Waals surface area contributed by atoms with Crippen LogP contribution in [0.5, 0.6) is 11.5 Å². The molecule has 0 spiro atoms. The van der Waals surface area contributed by atoms with Crippen molar-refractivity contribution in [3.8, 4) is 11.5 Å². The minimum absolute atomic E-state index is 0.347. The molecule has 47 heavy (non-hydrogen) atoms. The molecule has 7 rings (SSSR count). The Morgan fingerprint density at radius 3 is 1.81 bits per heavy atom. The predicted octanol–water partition coefficient (Wildman–Crippen LogP) is 7.92. The quantitative estimate of drug-likeness (QED) is 0.169. The fraction of sp³-hybridized carbons (Fsp3) is 0.225. The van der Waals surface area contributed by atoms with Crippen LogP contribution in [0.2, 0.25) is 0 Å². The third-order valence-corrected chi connectivity index (χ3v) is 9.90. The molecule has 0 saturated carbocycles. The summed E-state index contributed by atoms with van der Waals surface area (Å²) in [6, 6.07) is 28.4. The zero-order chi connectivity index (χ0) is 33.2. The van der Waals surface area contributed by atoms with Crippen molar-refractivity contribution in [3.05, 3.63) is 130 Å². The fourth-order valence-corrected chi connectivity index (χ4v) is 7.16. The number of benzene rings is 4. The molecule has 2 aromatic heterocycles. The van der Waals surface area contributed by atoms with Crippen molar-refractivity contribution in [3.63, 3.8) is 0 Å². The van der Waals surface area contributed by atoms with Crippen LogP contribution in [-0.2, 0) is 24.4 Å². The summed E-state index contributed by atoms with van der Waals surface area (Å²) in [5.41, 5.74) is 9.45. The number of aromatic nitrogens is 2. The van der Waals surface area contributed by atoms with Gasteiger partial charge in [0.1, 0.15) is 11.5 Å². The van der Waals surface area contributed by atoms with Crippen LogP contribution in [0.3, 0.4) is 0 Å². The normalized spacial score (nSPS) is 15.5. The molecule has 6 aromatic rings. The van der Waals surface area contributed by atoms with Crippen molar-refractivity contribution in [2.75, 3.05) is 33.2 Å². The average molecular weight is 626 g/mol. The molecular weight excluding hydrogens is 586 g/mol. The molecule has 1 aliphatic heterocycles. The lowest BCUT2D eigenvalue weighted by molar-refractivity contribution is 0.0276. The smallest absolute Gasteiger partial charge is 0.340 e. The maximum Gasteiger partial charge on any atom is 0.340 e. The van der Waals surface area contributed by atoms with Gasteiger partial charge in [-0.3, -0.25) is 0 Å². The summed E-state index contributed by atoms with van der Waals surface area (Å²) in [5, 5.41) is 2.09. The fourth-order valence-electron chi connectivity index (χ4n) is 7.16. The van der Waals surface area contributed by atoms with E-state index in [-0.39, 0.29) is 5.97 Å². The van der Waals surface area contributed by atoms with Crippen LogP contribution in [0.1, 0.15) is 44.0 Å². The largest absolute Gasteiger partial charge is 0.497 e. The van der Waals surface area contributed by atoms with Crippen LogP contribution in [0.15, 0.2) is 91.0 Å². The molecule has 1 atom stereocenters. The molecule has 0 aliphatic carbocycles. The van der Waals surface area contributed by atoms with E-state index in [1.54, 1.807) is 14.2 Å². The number of ether oxygens (including phenoxy) is 3. The third kappa shape index (κ3) is 4.52. The lowest BCUT2D eigenvalue weighted by atomic mass is 9.81. The predicted molar refractivity (Wildman–Crippen MR) is 189 cm³/mol. The molecule has 1 unspecified atom stereocenters. The van der Waals surface area contributed by atoms with Crippen LogP contribution in [0.25, 0.3) is 27.4 Å². The van der Waals surface area contributed by atoms with Gasteiger partial charge in [0.2, 0.25) is 0 Å². The summed E-state index contributed by atoms with van der Waals surface area (Å²) in [7, 11) is 11.6. The second kappa shape index (κ2) is 11.1. The van der Waals surface area contributed by atoms with Gasteiger partial charge in [0, 0.05) is 89.3 Å². The summed E-state index contributed by atoms with van der Waals surface area (Å²) in [6.45, 7) is 4.29. The van der Waals surface area contributed by atoms with Gasteiger partial charge in [0.15, 0.2) is 5.60 Å². The second-order valence-corrected chi connectivity index (χ2v) is 12.5. The summed E-state index contributed by atoms with van der Waals surface area (Å²) >= 11 is 0. The first-order valence-corrected chi connectivity index (χ1v) is 15.7. The van der Waals surface area contributed by atoms with Crippen molar-refractivity contribution in [2.24, 2.45) is 14.1 Å². The minimum Gasteiger partial charge on any atom is -0.497 e. The first-order chi connectivity index (χ1) is 22.6. The number of fused-ring (bicyclic) bond motifs is 3. The molecular formula is C40H39N3O4. The molecule has 3 heterocycles. The second-order valence-electron chi connectivity index (χ2n) is 12.5. The first-order valence-electron chi connectivity index (χ1n) is 15.7. The molecule has 1 aliphatic rings. The van der Waals surface area contributed by atoms with Crippen LogP contribution < -0.4 is 14.4 Å². The maximum atomic E-state index is 13.7. The molecule has 0 N–H and O–H groups in total. The molecule has 0 fully saturated rings. The highest BCUT2D eigenvalue weighted by molar-refractivity contribution is 6.07. The van der Waals surface area contributed by atoms with Crippen molar-refractivity contribution in [2.45, 2.75) is 19.4 Å². The maximum absolute atomic E-state index is 13.7. The number of nitrogens with zero attached hydrogens (tertiary/aromatic N) is 3. The molecule has 0 bridgehead atoms. The van der Waals surface area contributed by atoms with Crippen molar-refractivity contribution >= 4 is 39.0 Å². The average Bonchev–Trinajstić information content (AvgIpc) is 3.62. The lowest BCUT2D eigenvalue weighted by Crippen LogP contribution is -2.26. The van der Waals surface area contributed by atoms with Gasteiger partial charge < -0.3 is 28.2 Å². The summed E-state index contributed by atoms with van der Waals surface area (Å²) in [5.74, 6) is 1.19. The number of cyclic esters (lactones) is 1. The van der Waals surface area contributed by atoms with Gasteiger partial charge in [-0.25, -0.2) is 4.79 Å². The van der Waals surface area contributed by atoms with E-state index in [0.717, 1.165) is 78.2 Å². The number of anilines is 1. The highest BCUT2D eigenvalue weighted by Crippen LogP contribution is 2.49. The zero-order valence-corrected chi connectivity index (χ0v) is 28.1. The van der Waals surface area contributed by atoms with Gasteiger partial charge in [-0.05, 0) is 80.1 Å². The Hall–Kier alpha value is -5.43. The summed E-state index contributed by atoms with van der Waals surface area (Å²) < 4.78 is 22.5. The van der Waals surface area contributed by atoms with Gasteiger partial charge in [0.25, 0.3) is 0 Å². The Balaban J connectivity index is 1.66. The van der Waals surface area contributed by atoms with Gasteiger partial charge in [-0.15, -0.1) is 0 Å². The van der Waals surface area contributed by atoms with Crippen LogP contribution >= 0.6 is 0 Å². The van der Waals surface area contributed by atoms with E-state index in [1.807, 2.05) is 50.5 Å². The molecule has 238 valence electrons. The van der Waals surface area contributed by atoms with E-state index in [2.05, 4.69) is 96.6 Å². The number of carbonyl (C=O) groups is 1. The van der Waals surface area contributed by atoms with Crippen LogP contribution in [0, 0.1) is 13.8 Å². The van der Waals surface area contributed by atoms with E-state index >= 15 is 0 Å². The van der Waals surface area contributed by atoms with Crippen molar-refractivity contribution in [1.82, 2.24) is 9.13 Å². The number of aryl methyl sites for hydroxylation is 2. The standard InChI is InChI=1S/C40H39N3O4/c1-24-37(31-21-28(45-7)17-19-35(31)42(24)5)33(38-25(2)43(6)36-20-18-29(46-8)22-32(36)38)23-40(26-13-15-27(16-14-26)41(3)4)34-12-10-9-11-30(34)39(44)47-40/h9-23H,1-8H3. The number of carbonyl (C=O) groups excluding carboxylic acids is 1. The molecule has 0 amide bonds. The number of hydrogen-bond donors (Lipinski definition) is 0. The number of rotatable bonds is 7. The Kier molecular flexibility index (Phi) is 7.16. The number of methoxy groups -OCH3 is 2. The van der Waals surface area contributed by atoms with Crippen molar-refractivity contribution < 1.29 is 19.0 Å². The number of esters is 1. The van der Waals surface area contributed by atoms with E-state index < -0.39 is 5.60 Å². The first kappa shape index (κ1) is 30.2. The highest BCUT2D eigenvalue weighted by atomic mass is 16.6. The Bertz CT molecular complexity index is 2140. The topological polar surface area (TPSA) is 57.9 Å². The Labute approximate surface area is 275 Å². The van der Waals surface area contributed by atoms with E-state index in [0.29, 0.717) is 5.56 Å². The van der Waals surface area contributed by atoms with Crippen LogP contribution in [-0.4, -0.2) is 43.4 Å². The Morgan fingerprint density at radius 2 is 1.30 bits per heavy atom. The monoisotopic (exact) mass is 625 g/mol. The third-order valence-electron chi connectivity index (χ3n) is 9.90. The SMILES string of the molecule is COc1ccc2c(c1)c(C(=CC1(c3ccc(N(C)C)cc3)OC(=O)c3ccccc31)c1c(C)n(C)c3ccc(OC)cc13)c(C)n2C. The van der Waals surface area contributed by atoms with Gasteiger partial charge in [-0.1, -0.05) is 30.3 Å².